The SMILES string of the molecule is CCNC(c1ccccc1Cl)c1cccc(Br)c1Cl. The Morgan fingerprint density at radius 3 is 2.42 bits per heavy atom. The molecule has 19 heavy (non-hydrogen) atoms. The third kappa shape index (κ3) is 3.32. The van der Waals surface area contributed by atoms with Crippen molar-refractivity contribution >= 4 is 39.1 Å². The smallest absolute Gasteiger partial charge is 0.0606 e. The number of hydrogen-bond donors (Lipinski definition) is 1. The predicted molar refractivity (Wildman–Crippen MR) is 86.1 cm³/mol. The fourth-order valence-electron chi connectivity index (χ4n) is 2.04. The maximum absolute atomic E-state index is 6.40. The quantitative estimate of drug-likeness (QED) is 0.765. The van der Waals surface area contributed by atoms with Crippen LogP contribution in [0.4, 0.5) is 0 Å². The summed E-state index contributed by atoms with van der Waals surface area (Å²) in [5, 5.41) is 4.89. The second-order valence-corrected chi connectivity index (χ2v) is 5.79. The molecule has 0 bridgehead atoms. The van der Waals surface area contributed by atoms with Crippen molar-refractivity contribution in [1.82, 2.24) is 5.32 Å². The summed E-state index contributed by atoms with van der Waals surface area (Å²) in [7, 11) is 0. The molecule has 4 heteroatoms. The lowest BCUT2D eigenvalue weighted by Crippen LogP contribution is -2.22. The molecule has 1 unspecified atom stereocenters. The molecule has 0 heterocycles. The third-order valence-electron chi connectivity index (χ3n) is 2.92. The number of hydrogen-bond acceptors (Lipinski definition) is 1. The Labute approximate surface area is 132 Å². The van der Waals surface area contributed by atoms with Gasteiger partial charge in [0, 0.05) is 9.50 Å². The zero-order valence-corrected chi connectivity index (χ0v) is 13.6. The molecule has 1 nitrogen and oxygen atoms in total. The highest BCUT2D eigenvalue weighted by atomic mass is 79.9. The Balaban J connectivity index is 2.52. The predicted octanol–water partition coefficient (Wildman–Crippen LogP) is 5.45. The van der Waals surface area contributed by atoms with Gasteiger partial charge in [-0.05, 0) is 45.7 Å². The molecule has 0 saturated heterocycles. The first kappa shape index (κ1) is 14.9. The van der Waals surface area contributed by atoms with E-state index in [0.717, 1.165) is 27.2 Å². The number of nitrogens with one attached hydrogen (secondary N) is 1. The average Bonchev–Trinajstić information content (AvgIpc) is 2.41. The average molecular weight is 359 g/mol. The Morgan fingerprint density at radius 2 is 1.74 bits per heavy atom. The fraction of sp³-hybridized carbons (Fsp3) is 0.200. The minimum Gasteiger partial charge on any atom is -0.306 e. The summed E-state index contributed by atoms with van der Waals surface area (Å²) in [6.07, 6.45) is 0. The molecule has 2 aromatic carbocycles. The van der Waals surface area contributed by atoms with Crippen molar-refractivity contribution in [3.8, 4) is 0 Å². The number of benzene rings is 2. The van der Waals surface area contributed by atoms with Gasteiger partial charge in [0.05, 0.1) is 11.1 Å². The van der Waals surface area contributed by atoms with E-state index < -0.39 is 0 Å². The molecule has 0 aromatic heterocycles. The van der Waals surface area contributed by atoms with Crippen LogP contribution in [0.25, 0.3) is 0 Å². The van der Waals surface area contributed by atoms with Crippen molar-refractivity contribution in [1.29, 1.82) is 0 Å². The molecule has 2 aromatic rings. The Morgan fingerprint density at radius 1 is 1.05 bits per heavy atom. The summed E-state index contributed by atoms with van der Waals surface area (Å²) in [6.45, 7) is 2.90. The highest BCUT2D eigenvalue weighted by Crippen LogP contribution is 2.35. The maximum atomic E-state index is 6.40. The molecule has 0 radical (unpaired) electrons. The molecule has 0 saturated carbocycles. The standard InChI is InChI=1S/C15H14BrCl2N/c1-2-19-15(10-6-3-4-9-13(10)17)11-7-5-8-12(16)14(11)18/h3-9,15,19H,2H2,1H3. The van der Waals surface area contributed by atoms with Crippen LogP contribution in [0.15, 0.2) is 46.9 Å². The van der Waals surface area contributed by atoms with Gasteiger partial charge in [0.15, 0.2) is 0 Å². The van der Waals surface area contributed by atoms with Crippen LogP contribution in [0.3, 0.4) is 0 Å². The van der Waals surface area contributed by atoms with Crippen LogP contribution in [0.5, 0.6) is 0 Å². The fourth-order valence-corrected chi connectivity index (χ4v) is 2.91. The van der Waals surface area contributed by atoms with Gasteiger partial charge < -0.3 is 5.32 Å². The Kier molecular flexibility index (Phi) is 5.28. The van der Waals surface area contributed by atoms with Gasteiger partial charge in [-0.15, -0.1) is 0 Å². The lowest BCUT2D eigenvalue weighted by molar-refractivity contribution is 0.631. The van der Waals surface area contributed by atoms with E-state index in [-0.39, 0.29) is 6.04 Å². The van der Waals surface area contributed by atoms with Crippen molar-refractivity contribution in [2.75, 3.05) is 6.54 Å². The van der Waals surface area contributed by atoms with E-state index in [0.29, 0.717) is 5.02 Å². The van der Waals surface area contributed by atoms with Gasteiger partial charge in [0.1, 0.15) is 0 Å². The van der Waals surface area contributed by atoms with E-state index in [1.807, 2.05) is 42.5 Å². The first-order valence-electron chi connectivity index (χ1n) is 6.06. The third-order valence-corrected chi connectivity index (χ3v) is 4.57. The van der Waals surface area contributed by atoms with Gasteiger partial charge >= 0.3 is 0 Å². The molecule has 100 valence electrons. The van der Waals surface area contributed by atoms with E-state index >= 15 is 0 Å². The number of rotatable bonds is 4. The molecular weight excluding hydrogens is 345 g/mol. The van der Waals surface area contributed by atoms with Crippen molar-refractivity contribution in [2.24, 2.45) is 0 Å². The van der Waals surface area contributed by atoms with Crippen LogP contribution in [0, 0.1) is 0 Å². The molecular formula is C15H14BrCl2N. The highest BCUT2D eigenvalue weighted by Gasteiger charge is 2.19. The van der Waals surface area contributed by atoms with Gasteiger partial charge in [-0.2, -0.15) is 0 Å². The lowest BCUT2D eigenvalue weighted by atomic mass is 9.98. The van der Waals surface area contributed by atoms with Gasteiger partial charge in [-0.1, -0.05) is 60.5 Å². The first-order chi connectivity index (χ1) is 9.15. The minimum absolute atomic E-state index is 0.0105. The van der Waals surface area contributed by atoms with Crippen molar-refractivity contribution < 1.29 is 0 Å². The lowest BCUT2D eigenvalue weighted by Gasteiger charge is -2.21. The van der Waals surface area contributed by atoms with E-state index in [9.17, 15) is 0 Å². The topological polar surface area (TPSA) is 12.0 Å². The monoisotopic (exact) mass is 357 g/mol. The molecule has 0 spiro atoms. The van der Waals surface area contributed by atoms with Gasteiger partial charge in [0.25, 0.3) is 0 Å². The second-order valence-electron chi connectivity index (χ2n) is 4.16. The number of halogens is 3. The molecule has 0 aliphatic rings. The maximum Gasteiger partial charge on any atom is 0.0606 e. The van der Waals surface area contributed by atoms with E-state index in [1.165, 1.54) is 0 Å². The van der Waals surface area contributed by atoms with Crippen LogP contribution in [-0.2, 0) is 0 Å². The Hall–Kier alpha value is -0.540. The second kappa shape index (κ2) is 6.76. The molecule has 0 aliphatic carbocycles. The molecule has 0 aliphatic heterocycles. The normalized spacial score (nSPS) is 12.4. The van der Waals surface area contributed by atoms with Crippen LogP contribution in [0.2, 0.25) is 10.0 Å². The van der Waals surface area contributed by atoms with Crippen molar-refractivity contribution in [2.45, 2.75) is 13.0 Å². The summed E-state index contributed by atoms with van der Waals surface area (Å²) in [6, 6.07) is 13.7. The van der Waals surface area contributed by atoms with E-state index in [1.54, 1.807) is 0 Å². The molecule has 2 rings (SSSR count). The van der Waals surface area contributed by atoms with Crippen LogP contribution in [-0.4, -0.2) is 6.54 Å². The zero-order chi connectivity index (χ0) is 13.8. The molecule has 0 amide bonds. The molecule has 1 atom stereocenters. The molecule has 0 fully saturated rings. The largest absolute Gasteiger partial charge is 0.306 e. The first-order valence-corrected chi connectivity index (χ1v) is 7.61. The van der Waals surface area contributed by atoms with Gasteiger partial charge in [-0.3, -0.25) is 0 Å². The van der Waals surface area contributed by atoms with Crippen LogP contribution in [0.1, 0.15) is 24.1 Å². The minimum atomic E-state index is -0.0105. The van der Waals surface area contributed by atoms with Crippen LogP contribution < -0.4 is 5.32 Å². The molecule has 1 N–H and O–H groups in total. The summed E-state index contributed by atoms with van der Waals surface area (Å²) in [4.78, 5) is 0. The van der Waals surface area contributed by atoms with Gasteiger partial charge in [-0.25, -0.2) is 0 Å². The van der Waals surface area contributed by atoms with E-state index in [4.69, 9.17) is 23.2 Å². The summed E-state index contributed by atoms with van der Waals surface area (Å²) in [5.41, 5.74) is 2.05. The van der Waals surface area contributed by atoms with Crippen molar-refractivity contribution in [3.63, 3.8) is 0 Å². The Bertz CT molecular complexity index is 572. The summed E-state index contributed by atoms with van der Waals surface area (Å²) >= 11 is 16.2. The zero-order valence-electron chi connectivity index (χ0n) is 10.5. The van der Waals surface area contributed by atoms with Gasteiger partial charge in [0.2, 0.25) is 0 Å². The summed E-state index contributed by atoms with van der Waals surface area (Å²) < 4.78 is 0.890. The van der Waals surface area contributed by atoms with E-state index in [2.05, 4.69) is 28.2 Å². The van der Waals surface area contributed by atoms with Crippen molar-refractivity contribution in [3.05, 3.63) is 68.1 Å². The summed E-state index contributed by atoms with van der Waals surface area (Å²) in [5.74, 6) is 0. The highest BCUT2D eigenvalue weighted by molar-refractivity contribution is 9.10. The van der Waals surface area contributed by atoms with Crippen LogP contribution >= 0.6 is 39.1 Å².